The van der Waals surface area contributed by atoms with E-state index >= 15 is 0 Å². The minimum absolute atomic E-state index is 0.173. The highest BCUT2D eigenvalue weighted by Gasteiger charge is 2.18. The average Bonchev–Trinajstić information content (AvgIpc) is 2.75. The van der Waals surface area contributed by atoms with Crippen LogP contribution >= 0.6 is 0 Å². The minimum Gasteiger partial charge on any atom is -0.338 e. The van der Waals surface area contributed by atoms with Crippen molar-refractivity contribution in [3.63, 3.8) is 0 Å². The van der Waals surface area contributed by atoms with Gasteiger partial charge in [-0.1, -0.05) is 5.16 Å². The summed E-state index contributed by atoms with van der Waals surface area (Å²) < 4.78 is 5.02. The maximum absolute atomic E-state index is 5.62. The third-order valence-electron chi connectivity index (χ3n) is 2.46. The van der Waals surface area contributed by atoms with E-state index in [1.54, 1.807) is 0 Å². The van der Waals surface area contributed by atoms with E-state index in [-0.39, 0.29) is 6.04 Å². The van der Waals surface area contributed by atoms with Crippen molar-refractivity contribution in [1.29, 1.82) is 0 Å². The Kier molecular flexibility index (Phi) is 2.79. The molecule has 1 aromatic heterocycles. The van der Waals surface area contributed by atoms with E-state index in [4.69, 9.17) is 10.3 Å². The zero-order chi connectivity index (χ0) is 9.97. The number of nitrogens with one attached hydrogen (secondary N) is 1. The molecule has 1 aromatic rings. The van der Waals surface area contributed by atoms with Crippen LogP contribution in [0.2, 0.25) is 0 Å². The molecule has 0 radical (unpaired) electrons. The molecule has 0 aliphatic carbocycles. The summed E-state index contributed by atoms with van der Waals surface area (Å²) in [5.74, 6) is 1.29. The van der Waals surface area contributed by atoms with Gasteiger partial charge in [-0.3, -0.25) is 0 Å². The molecule has 0 spiro atoms. The fourth-order valence-corrected chi connectivity index (χ4v) is 1.69. The largest absolute Gasteiger partial charge is 0.338 e. The van der Waals surface area contributed by atoms with E-state index in [0.29, 0.717) is 11.9 Å². The molecule has 2 heterocycles. The first-order valence-corrected chi connectivity index (χ1v) is 5.07. The molecule has 0 amide bonds. The monoisotopic (exact) mass is 196 g/mol. The molecule has 2 atom stereocenters. The molecule has 0 aromatic carbocycles. The van der Waals surface area contributed by atoms with Gasteiger partial charge in [-0.2, -0.15) is 4.98 Å². The number of nitrogens with two attached hydrogens (primary N) is 1. The average molecular weight is 196 g/mol. The van der Waals surface area contributed by atoms with Crippen LogP contribution in [0.4, 0.5) is 0 Å². The first-order valence-electron chi connectivity index (χ1n) is 5.07. The highest BCUT2D eigenvalue weighted by Crippen LogP contribution is 2.11. The van der Waals surface area contributed by atoms with Gasteiger partial charge in [-0.15, -0.1) is 0 Å². The Labute approximate surface area is 83.1 Å². The molecule has 14 heavy (non-hydrogen) atoms. The second-order valence-electron chi connectivity index (χ2n) is 3.83. The smallest absolute Gasteiger partial charge is 0.243 e. The van der Waals surface area contributed by atoms with Gasteiger partial charge >= 0.3 is 0 Å². The third kappa shape index (κ3) is 2.10. The molecule has 1 saturated heterocycles. The molecule has 1 aliphatic heterocycles. The van der Waals surface area contributed by atoms with Gasteiger partial charge in [0.1, 0.15) is 0 Å². The highest BCUT2D eigenvalue weighted by molar-refractivity contribution is 4.94. The van der Waals surface area contributed by atoms with Crippen LogP contribution in [-0.2, 0) is 6.42 Å². The quantitative estimate of drug-likeness (QED) is 0.731. The SMILES string of the molecule is CC(N)c1nc(CC2CCCN2)no1. The van der Waals surface area contributed by atoms with Crippen molar-refractivity contribution in [2.75, 3.05) is 6.54 Å². The molecule has 3 N–H and O–H groups in total. The number of hydrogen-bond donors (Lipinski definition) is 2. The Hall–Kier alpha value is -0.940. The van der Waals surface area contributed by atoms with Gasteiger partial charge in [0.2, 0.25) is 5.89 Å². The second-order valence-corrected chi connectivity index (χ2v) is 3.83. The second kappa shape index (κ2) is 4.06. The van der Waals surface area contributed by atoms with Gasteiger partial charge in [0.05, 0.1) is 6.04 Å². The number of rotatable bonds is 3. The molecule has 5 nitrogen and oxygen atoms in total. The Morgan fingerprint density at radius 3 is 3.14 bits per heavy atom. The molecular formula is C9H16N4O. The maximum Gasteiger partial charge on any atom is 0.243 e. The molecule has 2 rings (SSSR count). The summed E-state index contributed by atoms with van der Waals surface area (Å²) in [5.41, 5.74) is 5.62. The summed E-state index contributed by atoms with van der Waals surface area (Å²) in [6.07, 6.45) is 3.28. The van der Waals surface area contributed by atoms with Crippen LogP contribution < -0.4 is 11.1 Å². The maximum atomic E-state index is 5.62. The summed E-state index contributed by atoms with van der Waals surface area (Å²) >= 11 is 0. The van der Waals surface area contributed by atoms with E-state index in [2.05, 4.69) is 15.5 Å². The lowest BCUT2D eigenvalue weighted by atomic mass is 10.1. The van der Waals surface area contributed by atoms with E-state index in [0.717, 1.165) is 18.8 Å². The van der Waals surface area contributed by atoms with E-state index in [1.807, 2.05) is 6.92 Å². The van der Waals surface area contributed by atoms with Gasteiger partial charge in [-0.05, 0) is 26.3 Å². The molecule has 1 fully saturated rings. The van der Waals surface area contributed by atoms with Crippen LogP contribution in [0.5, 0.6) is 0 Å². The predicted molar refractivity (Wildman–Crippen MR) is 51.6 cm³/mol. The van der Waals surface area contributed by atoms with Crippen LogP contribution in [0.15, 0.2) is 4.52 Å². The van der Waals surface area contributed by atoms with Crippen molar-refractivity contribution in [1.82, 2.24) is 15.5 Å². The molecule has 0 saturated carbocycles. The lowest BCUT2D eigenvalue weighted by molar-refractivity contribution is 0.355. The first kappa shape index (κ1) is 9.61. The fourth-order valence-electron chi connectivity index (χ4n) is 1.69. The van der Waals surface area contributed by atoms with Crippen molar-refractivity contribution >= 4 is 0 Å². The van der Waals surface area contributed by atoms with Crippen molar-refractivity contribution < 1.29 is 4.52 Å². The number of nitrogens with zero attached hydrogens (tertiary/aromatic N) is 2. The minimum atomic E-state index is -0.173. The molecule has 78 valence electrons. The standard InChI is InChI=1S/C9H16N4O/c1-6(10)9-12-8(13-14-9)5-7-3-2-4-11-7/h6-7,11H,2-5,10H2,1H3. The zero-order valence-electron chi connectivity index (χ0n) is 8.36. The van der Waals surface area contributed by atoms with E-state index in [9.17, 15) is 0 Å². The summed E-state index contributed by atoms with van der Waals surface area (Å²) in [5, 5.41) is 7.29. The van der Waals surface area contributed by atoms with Gasteiger partial charge in [0, 0.05) is 12.5 Å². The Balaban J connectivity index is 1.95. The molecule has 5 heteroatoms. The van der Waals surface area contributed by atoms with E-state index in [1.165, 1.54) is 12.8 Å². The fraction of sp³-hybridized carbons (Fsp3) is 0.778. The first-order chi connectivity index (χ1) is 6.75. The summed E-state index contributed by atoms with van der Waals surface area (Å²) in [4.78, 5) is 4.23. The van der Waals surface area contributed by atoms with Crippen molar-refractivity contribution in [2.45, 2.75) is 38.3 Å². The Morgan fingerprint density at radius 2 is 2.57 bits per heavy atom. The zero-order valence-corrected chi connectivity index (χ0v) is 8.36. The Bertz CT molecular complexity index is 291. The van der Waals surface area contributed by atoms with Crippen LogP contribution in [0, 0.1) is 0 Å². The molecule has 1 aliphatic rings. The summed E-state index contributed by atoms with van der Waals surface area (Å²) in [6.45, 7) is 2.94. The summed E-state index contributed by atoms with van der Waals surface area (Å²) in [6, 6.07) is 0.335. The lowest BCUT2D eigenvalue weighted by Crippen LogP contribution is -2.24. The third-order valence-corrected chi connectivity index (χ3v) is 2.46. The Morgan fingerprint density at radius 1 is 1.71 bits per heavy atom. The number of hydrogen-bond acceptors (Lipinski definition) is 5. The normalized spacial score (nSPS) is 24.0. The van der Waals surface area contributed by atoms with Gasteiger partial charge < -0.3 is 15.6 Å². The molecular weight excluding hydrogens is 180 g/mol. The predicted octanol–water partition coefficient (Wildman–Crippen LogP) is 0.384. The van der Waals surface area contributed by atoms with Crippen LogP contribution in [-0.4, -0.2) is 22.7 Å². The van der Waals surface area contributed by atoms with Gasteiger partial charge in [-0.25, -0.2) is 0 Å². The molecule has 2 unspecified atom stereocenters. The highest BCUT2D eigenvalue weighted by atomic mass is 16.5. The van der Waals surface area contributed by atoms with Crippen molar-refractivity contribution in [3.8, 4) is 0 Å². The topological polar surface area (TPSA) is 77.0 Å². The van der Waals surface area contributed by atoms with Gasteiger partial charge in [0.25, 0.3) is 0 Å². The van der Waals surface area contributed by atoms with Crippen LogP contribution in [0.3, 0.4) is 0 Å². The van der Waals surface area contributed by atoms with Gasteiger partial charge in [0.15, 0.2) is 5.82 Å². The summed E-state index contributed by atoms with van der Waals surface area (Å²) in [7, 11) is 0. The van der Waals surface area contributed by atoms with Crippen LogP contribution in [0.25, 0.3) is 0 Å². The van der Waals surface area contributed by atoms with Crippen molar-refractivity contribution in [2.24, 2.45) is 5.73 Å². The van der Waals surface area contributed by atoms with E-state index < -0.39 is 0 Å². The molecule has 0 bridgehead atoms. The van der Waals surface area contributed by atoms with Crippen molar-refractivity contribution in [3.05, 3.63) is 11.7 Å². The lowest BCUT2D eigenvalue weighted by Gasteiger charge is -2.04. The number of aromatic nitrogens is 2. The van der Waals surface area contributed by atoms with Crippen LogP contribution in [0.1, 0.15) is 37.5 Å².